The van der Waals surface area contributed by atoms with Gasteiger partial charge < -0.3 is 10.7 Å². The van der Waals surface area contributed by atoms with E-state index in [0.717, 1.165) is 0 Å². The molecule has 4 N–H and O–H groups in total. The summed E-state index contributed by atoms with van der Waals surface area (Å²) in [5.41, 5.74) is 1.55. The molecule has 2 rings (SSSR count). The fourth-order valence-electron chi connectivity index (χ4n) is 2.21. The summed E-state index contributed by atoms with van der Waals surface area (Å²) < 4.78 is 22.7. The lowest BCUT2D eigenvalue weighted by Crippen LogP contribution is -2.36. The molecule has 1 fully saturated rings. The molecule has 0 saturated carbocycles. The molecule has 1 heterocycles. The molecule has 1 unspecified atom stereocenters. The average Bonchev–Trinajstić information content (AvgIpc) is 2.76. The summed E-state index contributed by atoms with van der Waals surface area (Å²) in [6, 6.07) is 3.58. The van der Waals surface area contributed by atoms with Gasteiger partial charge in [0.2, 0.25) is 0 Å². The monoisotopic (exact) mass is 314 g/mol. The molecule has 1 amide bonds. The maximum atomic E-state index is 12.1. The molecule has 1 aliphatic rings. The number of hydrogen-bond acceptors (Lipinski definition) is 7. The third-order valence-electron chi connectivity index (χ3n) is 3.19. The minimum absolute atomic E-state index is 0.00440. The van der Waals surface area contributed by atoms with Crippen LogP contribution in [0.15, 0.2) is 18.2 Å². The van der Waals surface area contributed by atoms with E-state index < -0.39 is 32.4 Å². The number of rotatable bonds is 4. The highest BCUT2D eigenvalue weighted by molar-refractivity contribution is 7.91. The highest BCUT2D eigenvalue weighted by Gasteiger charge is 2.31. The lowest BCUT2D eigenvalue weighted by molar-refractivity contribution is -0.384. The van der Waals surface area contributed by atoms with Gasteiger partial charge in [0, 0.05) is 6.04 Å². The van der Waals surface area contributed by atoms with Crippen molar-refractivity contribution in [2.75, 3.05) is 16.9 Å². The van der Waals surface area contributed by atoms with Gasteiger partial charge in [-0.25, -0.2) is 8.42 Å². The number of para-hydroxylation sites is 1. The summed E-state index contributed by atoms with van der Waals surface area (Å²) in [6.45, 7) is 0. The van der Waals surface area contributed by atoms with E-state index in [9.17, 15) is 23.3 Å². The molecule has 1 aliphatic heterocycles. The summed E-state index contributed by atoms with van der Waals surface area (Å²) in [7, 11) is -3.14. The predicted molar refractivity (Wildman–Crippen MR) is 75.4 cm³/mol. The Morgan fingerprint density at radius 1 is 1.43 bits per heavy atom. The van der Waals surface area contributed by atoms with Gasteiger partial charge in [0.05, 0.1) is 16.4 Å². The number of amides is 1. The van der Waals surface area contributed by atoms with E-state index >= 15 is 0 Å². The first-order valence-corrected chi connectivity index (χ1v) is 7.91. The summed E-state index contributed by atoms with van der Waals surface area (Å²) in [6.07, 6.45) is 0.302. The fourth-order valence-corrected chi connectivity index (χ4v) is 3.89. The molecule has 10 heteroatoms. The smallest absolute Gasteiger partial charge is 0.306 e. The normalized spacial score (nSPS) is 20.0. The van der Waals surface area contributed by atoms with Crippen molar-refractivity contribution in [3.8, 4) is 0 Å². The van der Waals surface area contributed by atoms with Crippen LogP contribution in [0.1, 0.15) is 16.8 Å². The number of sulfone groups is 1. The van der Waals surface area contributed by atoms with Gasteiger partial charge in [-0.1, -0.05) is 6.07 Å². The van der Waals surface area contributed by atoms with Crippen LogP contribution in [0.2, 0.25) is 0 Å². The second-order valence-corrected chi connectivity index (χ2v) is 6.91. The van der Waals surface area contributed by atoms with Crippen molar-refractivity contribution in [3.05, 3.63) is 33.9 Å². The quantitative estimate of drug-likeness (QED) is 0.396. The van der Waals surface area contributed by atoms with Crippen LogP contribution in [-0.2, 0) is 9.84 Å². The molecule has 0 aliphatic carbocycles. The number of nitro benzene ring substituents is 1. The number of nitrogens with two attached hydrogens (primary N) is 1. The molecule has 1 aromatic carbocycles. The van der Waals surface area contributed by atoms with Gasteiger partial charge in [-0.15, -0.1) is 0 Å². The Morgan fingerprint density at radius 2 is 2.14 bits per heavy atom. The summed E-state index contributed by atoms with van der Waals surface area (Å²) in [5.74, 6) is 4.35. The molecule has 9 nitrogen and oxygen atoms in total. The maximum Gasteiger partial charge on any atom is 0.306 e. The van der Waals surface area contributed by atoms with Crippen LogP contribution in [-0.4, -0.2) is 36.8 Å². The van der Waals surface area contributed by atoms with E-state index in [1.165, 1.54) is 18.2 Å². The Balaban J connectivity index is 2.26. The Bertz CT molecular complexity index is 688. The molecular formula is C11H14N4O5S. The van der Waals surface area contributed by atoms with Gasteiger partial charge in [0.25, 0.3) is 5.91 Å². The molecule has 1 atom stereocenters. The molecule has 21 heavy (non-hydrogen) atoms. The van der Waals surface area contributed by atoms with E-state index in [2.05, 4.69) is 10.7 Å². The summed E-state index contributed by atoms with van der Waals surface area (Å²) in [4.78, 5) is 22.5. The van der Waals surface area contributed by atoms with Crippen LogP contribution in [0.5, 0.6) is 0 Å². The number of nitrogen functional groups attached to an aromatic ring is 1. The lowest BCUT2D eigenvalue weighted by Gasteiger charge is -2.12. The van der Waals surface area contributed by atoms with Crippen molar-refractivity contribution in [1.29, 1.82) is 0 Å². The number of carbonyl (C=O) groups is 1. The van der Waals surface area contributed by atoms with Crippen LogP contribution in [0.3, 0.4) is 0 Å². The number of nitrogens with zero attached hydrogens (tertiary/aromatic N) is 1. The van der Waals surface area contributed by atoms with Crippen LogP contribution in [0.4, 0.5) is 11.4 Å². The Morgan fingerprint density at radius 3 is 2.67 bits per heavy atom. The first kappa shape index (κ1) is 15.2. The first-order valence-electron chi connectivity index (χ1n) is 6.09. The molecule has 0 aromatic heterocycles. The molecule has 1 aromatic rings. The van der Waals surface area contributed by atoms with Crippen molar-refractivity contribution in [1.82, 2.24) is 5.32 Å². The van der Waals surface area contributed by atoms with E-state index in [-0.39, 0.29) is 22.8 Å². The number of carbonyl (C=O) groups excluding carboxylic acids is 1. The lowest BCUT2D eigenvalue weighted by atomic mass is 10.1. The number of anilines is 1. The van der Waals surface area contributed by atoms with E-state index in [4.69, 9.17) is 5.84 Å². The zero-order chi connectivity index (χ0) is 15.6. The minimum Gasteiger partial charge on any atom is -0.348 e. The van der Waals surface area contributed by atoms with Gasteiger partial charge in [-0.3, -0.25) is 20.8 Å². The third-order valence-corrected chi connectivity index (χ3v) is 4.95. The van der Waals surface area contributed by atoms with Crippen LogP contribution in [0.25, 0.3) is 0 Å². The molecule has 0 spiro atoms. The zero-order valence-corrected chi connectivity index (χ0v) is 11.7. The Hall–Kier alpha value is -2.20. The molecule has 0 radical (unpaired) electrons. The second-order valence-electron chi connectivity index (χ2n) is 4.68. The van der Waals surface area contributed by atoms with Gasteiger partial charge in [0.1, 0.15) is 11.3 Å². The second kappa shape index (κ2) is 5.66. The minimum atomic E-state index is -3.14. The highest BCUT2D eigenvalue weighted by Crippen LogP contribution is 2.28. The van der Waals surface area contributed by atoms with Gasteiger partial charge in [-0.2, -0.15) is 0 Å². The maximum absolute atomic E-state index is 12.1. The molecule has 114 valence electrons. The zero-order valence-electron chi connectivity index (χ0n) is 10.9. The van der Waals surface area contributed by atoms with Gasteiger partial charge in [-0.05, 0) is 18.6 Å². The van der Waals surface area contributed by atoms with Crippen LogP contribution < -0.4 is 16.6 Å². The van der Waals surface area contributed by atoms with E-state index in [1.54, 1.807) is 0 Å². The summed E-state index contributed by atoms with van der Waals surface area (Å²) in [5, 5.41) is 13.6. The number of benzene rings is 1. The highest BCUT2D eigenvalue weighted by atomic mass is 32.2. The Kier molecular flexibility index (Phi) is 4.09. The topological polar surface area (TPSA) is 144 Å². The van der Waals surface area contributed by atoms with Gasteiger partial charge in [0.15, 0.2) is 9.84 Å². The third kappa shape index (κ3) is 3.28. The van der Waals surface area contributed by atoms with Crippen molar-refractivity contribution >= 4 is 27.1 Å². The number of nitro groups is 1. The fraction of sp³-hybridized carbons (Fsp3) is 0.364. The largest absolute Gasteiger partial charge is 0.348 e. The van der Waals surface area contributed by atoms with Crippen LogP contribution in [0, 0.1) is 10.1 Å². The van der Waals surface area contributed by atoms with Crippen molar-refractivity contribution in [2.45, 2.75) is 12.5 Å². The average molecular weight is 314 g/mol. The van der Waals surface area contributed by atoms with Crippen molar-refractivity contribution in [3.63, 3.8) is 0 Å². The van der Waals surface area contributed by atoms with E-state index in [0.29, 0.717) is 6.42 Å². The first-order chi connectivity index (χ1) is 9.84. The van der Waals surface area contributed by atoms with E-state index in [1.807, 2.05) is 0 Å². The van der Waals surface area contributed by atoms with Crippen molar-refractivity contribution < 1.29 is 18.1 Å². The predicted octanol–water partition coefficient (Wildman–Crippen LogP) is -0.203. The molecule has 0 bridgehead atoms. The molecular weight excluding hydrogens is 300 g/mol. The SMILES string of the molecule is NNc1cccc(C(=O)NC2CCS(=O)(=O)C2)c1[N+](=O)[O-]. The number of hydrogen-bond donors (Lipinski definition) is 3. The summed E-state index contributed by atoms with van der Waals surface area (Å²) >= 11 is 0. The number of hydrazine groups is 1. The van der Waals surface area contributed by atoms with Crippen molar-refractivity contribution in [2.24, 2.45) is 5.84 Å². The van der Waals surface area contributed by atoms with Gasteiger partial charge >= 0.3 is 5.69 Å². The van der Waals surface area contributed by atoms with Crippen LogP contribution >= 0.6 is 0 Å². The molecule has 1 saturated heterocycles. The number of nitrogens with one attached hydrogen (secondary N) is 2. The Labute approximate surface area is 120 Å². The standard InChI is InChI=1S/C11H14N4O5S/c12-14-9-3-1-2-8(10(9)15(17)18)11(16)13-7-4-5-21(19,20)6-7/h1-3,7,14H,4-6,12H2,(H,13,16).